The minimum absolute atomic E-state index is 0. The van der Waals surface area contributed by atoms with Gasteiger partial charge in [0.2, 0.25) is 0 Å². The van der Waals surface area contributed by atoms with Gasteiger partial charge in [0.1, 0.15) is 0 Å². The van der Waals surface area contributed by atoms with E-state index in [2.05, 4.69) is 183 Å². The van der Waals surface area contributed by atoms with Crippen molar-refractivity contribution >= 4 is 115 Å². The topological polar surface area (TPSA) is 127 Å². The summed E-state index contributed by atoms with van der Waals surface area (Å²) in [5.41, 5.74) is 9.19. The third-order valence-electron chi connectivity index (χ3n) is 19.6. The van der Waals surface area contributed by atoms with E-state index in [1.807, 2.05) is 77.5 Å². The number of nitrogens with zero attached hydrogens (tertiary/aromatic N) is 5. The second-order valence-electron chi connectivity index (χ2n) is 26.5. The highest BCUT2D eigenvalue weighted by atomic mass is 32.2. The van der Waals surface area contributed by atoms with Gasteiger partial charge in [-0.3, -0.25) is 9.08 Å². The van der Waals surface area contributed by atoms with E-state index in [-0.39, 0.29) is 25.5 Å². The highest BCUT2D eigenvalue weighted by Gasteiger charge is 2.30. The van der Waals surface area contributed by atoms with Crippen LogP contribution in [0.15, 0.2) is 201 Å². The van der Waals surface area contributed by atoms with E-state index in [0.717, 1.165) is 44.4 Å². The zero-order valence-corrected chi connectivity index (χ0v) is 67.9. The number of ether oxygens (including phenoxy) is 6. The molecule has 105 heavy (non-hydrogen) atoms. The van der Waals surface area contributed by atoms with Crippen LogP contribution in [-0.2, 0) is 42.7 Å². The number of hydrogen-bond acceptors (Lipinski definition) is 21. The Labute approximate surface area is 654 Å². The summed E-state index contributed by atoms with van der Waals surface area (Å²) in [6.45, 7) is 15.1. The maximum atomic E-state index is 11.8. The van der Waals surface area contributed by atoms with Crippen LogP contribution in [0.2, 0.25) is 0 Å². The van der Waals surface area contributed by atoms with E-state index in [0.29, 0.717) is 64.9 Å². The van der Waals surface area contributed by atoms with Crippen LogP contribution < -0.4 is 20.0 Å². The summed E-state index contributed by atoms with van der Waals surface area (Å²) in [7, 11) is 1.88. The van der Waals surface area contributed by atoms with Crippen molar-refractivity contribution in [3.8, 4) is 0 Å². The van der Waals surface area contributed by atoms with Gasteiger partial charge in [-0.25, -0.2) is 0 Å². The molecule has 0 amide bonds. The molecule has 13 rings (SSSR count). The van der Waals surface area contributed by atoms with Crippen molar-refractivity contribution in [3.63, 3.8) is 0 Å². The smallest absolute Gasteiger partial charge is 0.297 e. The van der Waals surface area contributed by atoms with Gasteiger partial charge >= 0.3 is 0 Å². The van der Waals surface area contributed by atoms with Crippen molar-refractivity contribution in [1.82, 2.24) is 15.1 Å². The predicted octanol–water partition coefficient (Wildman–Crippen LogP) is 19.4. The highest BCUT2D eigenvalue weighted by Crippen LogP contribution is 2.52. The Morgan fingerprint density at radius 3 is 1.30 bits per heavy atom. The molecular weight excluding hydrogens is 1450 g/mol. The van der Waals surface area contributed by atoms with Crippen LogP contribution in [0.1, 0.15) is 90.0 Å². The molecule has 0 saturated carbocycles. The lowest BCUT2D eigenvalue weighted by Crippen LogP contribution is -2.43. The van der Waals surface area contributed by atoms with Gasteiger partial charge in [-0.15, -0.1) is 35.3 Å². The molecule has 3 fully saturated rings. The fourth-order valence-corrected chi connectivity index (χ4v) is 19.2. The number of hydrogen-bond donors (Lipinski definition) is 1. The number of fused-ring (bicyclic) bond motifs is 6. The van der Waals surface area contributed by atoms with Gasteiger partial charge in [0, 0.05) is 103 Å². The quantitative estimate of drug-likeness (QED) is 0.0244. The number of rotatable bonds is 32. The molecule has 0 radical (unpaired) electrons. The fraction of sp³-hybridized carbons (Fsp3) is 0.494. The van der Waals surface area contributed by atoms with E-state index in [4.69, 9.17) is 32.6 Å². The van der Waals surface area contributed by atoms with E-state index >= 15 is 0 Å². The van der Waals surface area contributed by atoms with Crippen molar-refractivity contribution in [2.45, 2.75) is 158 Å². The van der Waals surface area contributed by atoms with E-state index in [1.54, 1.807) is 26.4 Å². The summed E-state index contributed by atoms with van der Waals surface area (Å²) in [5.74, 6) is 0. The predicted molar refractivity (Wildman–Crippen MR) is 444 cm³/mol. The fourth-order valence-electron chi connectivity index (χ4n) is 13.8. The Balaban J connectivity index is 0.000000164. The molecule has 6 heterocycles. The summed E-state index contributed by atoms with van der Waals surface area (Å²) in [6.07, 6.45) is 22.1. The van der Waals surface area contributed by atoms with Crippen molar-refractivity contribution in [2.75, 3.05) is 173 Å². The molecule has 0 aliphatic carbocycles. The SMILES string of the molecule is C.COCCOCCOCCN1CCCCC1CCN1c2ccccc2Sc2ccc(SC)cc21.COCCOCCOCCOS(=O)(=O)c1ccc(C)cc1.CSc1ccc2c(c1)N(CCC1CCCCN1)c1ccccc1S2.CSc1ccc2c(c1)N(CCC1CCCCN1C)c1ccccc1S2. The average Bonchev–Trinajstić information content (AvgIpc) is 0.784. The molecule has 7 aromatic rings. The first-order valence-corrected chi connectivity index (χ1v) is 44.6. The number of likely N-dealkylation sites (tertiary alicyclic amines) is 2. The summed E-state index contributed by atoms with van der Waals surface area (Å²) >= 11 is 11.2. The van der Waals surface area contributed by atoms with Crippen LogP contribution in [0, 0.1) is 6.92 Å². The molecule has 572 valence electrons. The van der Waals surface area contributed by atoms with Gasteiger partial charge < -0.3 is 53.3 Å². The molecule has 0 bridgehead atoms. The van der Waals surface area contributed by atoms with E-state index in [9.17, 15) is 8.42 Å². The Morgan fingerprint density at radius 1 is 0.438 bits per heavy atom. The Kier molecular flexibility index (Phi) is 36.8. The Bertz CT molecular complexity index is 3820. The average molecular weight is 1560 g/mol. The van der Waals surface area contributed by atoms with Gasteiger partial charge in [0.05, 0.1) is 112 Å². The highest BCUT2D eigenvalue weighted by molar-refractivity contribution is 8.00. The van der Waals surface area contributed by atoms with Crippen molar-refractivity contribution in [2.24, 2.45) is 0 Å². The summed E-state index contributed by atoms with van der Waals surface area (Å²) in [4.78, 5) is 25.3. The molecule has 0 spiro atoms. The maximum Gasteiger partial charge on any atom is 0.297 e. The molecule has 7 aromatic carbocycles. The Morgan fingerprint density at radius 2 is 0.848 bits per heavy atom. The number of nitrogens with one attached hydrogen (secondary N) is 1. The molecular formula is C83H114N6O9S7. The van der Waals surface area contributed by atoms with E-state index in [1.165, 1.54) is 187 Å². The monoisotopic (exact) mass is 1560 g/mol. The Hall–Kier alpha value is -4.41. The number of piperidine rings is 3. The number of methoxy groups -OCH3 is 2. The van der Waals surface area contributed by atoms with Gasteiger partial charge in [-0.05, 0) is 213 Å². The van der Waals surface area contributed by atoms with Crippen LogP contribution in [0.3, 0.4) is 0 Å². The zero-order chi connectivity index (χ0) is 72.7. The first-order valence-electron chi connectivity index (χ1n) is 37.1. The number of para-hydroxylation sites is 3. The second-order valence-corrected chi connectivity index (χ2v) is 34.0. The number of aryl methyl sites for hydroxylation is 1. The van der Waals surface area contributed by atoms with Crippen LogP contribution in [-0.4, -0.2) is 195 Å². The molecule has 15 nitrogen and oxygen atoms in total. The maximum absolute atomic E-state index is 11.8. The summed E-state index contributed by atoms with van der Waals surface area (Å²) in [6, 6.07) is 55.7. The minimum atomic E-state index is -3.71. The van der Waals surface area contributed by atoms with Gasteiger partial charge in [0.15, 0.2) is 0 Å². The lowest BCUT2D eigenvalue weighted by molar-refractivity contribution is 0.0134. The molecule has 1 N–H and O–H groups in total. The minimum Gasteiger partial charge on any atom is -0.382 e. The molecule has 6 aliphatic rings. The molecule has 6 aliphatic heterocycles. The first kappa shape index (κ1) is 84.6. The number of thioether (sulfide) groups is 3. The molecule has 3 unspecified atom stereocenters. The van der Waals surface area contributed by atoms with Crippen molar-refractivity contribution in [3.05, 3.63) is 157 Å². The molecule has 3 atom stereocenters. The zero-order valence-electron chi connectivity index (χ0n) is 62.1. The van der Waals surface area contributed by atoms with Crippen molar-refractivity contribution in [1.29, 1.82) is 0 Å². The largest absolute Gasteiger partial charge is 0.382 e. The summed E-state index contributed by atoms with van der Waals surface area (Å²) in [5, 5.41) is 3.69. The van der Waals surface area contributed by atoms with Crippen molar-refractivity contribution < 1.29 is 41.0 Å². The lowest BCUT2D eigenvalue weighted by atomic mass is 9.99. The second kappa shape index (κ2) is 45.7. The first-order chi connectivity index (χ1) is 51.0. The van der Waals surface area contributed by atoms with Gasteiger partial charge in [0.25, 0.3) is 10.1 Å². The van der Waals surface area contributed by atoms with E-state index < -0.39 is 10.1 Å². The third kappa shape index (κ3) is 25.6. The normalized spacial score (nSPS) is 17.5. The standard InChI is InChI=1S/C27H38N2O3S2.C21H26N2S2.C20H24N2S2.C14H22O6S.CH4/c1-30-17-18-32-20-19-31-16-15-28-13-6-5-7-22(28)12-14-29-24-8-3-4-9-26(24)34-27-11-10-23(33-2)21-25(27)29;1-22-13-6-5-7-16(22)12-14-23-18-8-3-4-9-20(18)25-21-11-10-17(24-2)15-19(21)23;1-23-16-9-10-20-18(14-16)22(13-11-15-6-4-5-12-21-15)17-7-2-3-8-19(17)24-20;1-13-3-5-14(6-4-13)21(15,16)20-12-11-19-10-9-18-8-7-17-2;/h3-4,8-11,21-22H,5-7,12-20H2,1-2H3;3-4,8-11,15-16H,5-7,12-14H2,1-2H3;2-3,7-10,14-15,21H,4-6,11-13H2,1H3;3-6H,7-12H2,1-2H3;1H4. The third-order valence-corrected chi connectivity index (χ3v) is 26.5. The van der Waals surface area contributed by atoms with Gasteiger partial charge in [-0.2, -0.15) is 8.42 Å². The van der Waals surface area contributed by atoms with Crippen LogP contribution in [0.4, 0.5) is 34.1 Å². The lowest BCUT2D eigenvalue weighted by Gasteiger charge is -2.38. The van der Waals surface area contributed by atoms with Crippen LogP contribution in [0.25, 0.3) is 0 Å². The molecule has 3 saturated heterocycles. The van der Waals surface area contributed by atoms with Crippen LogP contribution in [0.5, 0.6) is 0 Å². The molecule has 22 heteroatoms. The van der Waals surface area contributed by atoms with Crippen LogP contribution >= 0.6 is 70.6 Å². The molecule has 0 aromatic heterocycles. The number of anilines is 6. The number of benzene rings is 7. The van der Waals surface area contributed by atoms with Gasteiger partial charge in [-0.1, -0.05) is 116 Å². The summed E-state index contributed by atoms with van der Waals surface area (Å²) < 4.78 is 60.1.